The fourth-order valence-corrected chi connectivity index (χ4v) is 5.60. The Bertz CT molecular complexity index is 1900. The molecule has 12 heteroatoms. The van der Waals surface area contributed by atoms with Crippen LogP contribution in [0.25, 0.3) is 21.5 Å². The number of fused-ring (bicyclic) bond motifs is 1. The Kier molecular flexibility index (Phi) is 8.95. The maximum atomic E-state index is 13.5. The van der Waals surface area contributed by atoms with Crippen LogP contribution in [-0.2, 0) is 11.3 Å². The van der Waals surface area contributed by atoms with Gasteiger partial charge in [0.05, 0.1) is 28.1 Å². The molecule has 0 aliphatic heterocycles. The van der Waals surface area contributed by atoms with E-state index in [0.717, 1.165) is 10.4 Å². The standard InChI is InChI=1S/C34H36N6O5S/c1-33(2,3)45-32(43)37-28-18-22(16-17-35-28)26-14-15-27(46-26)29(41)38-31-36-24-19-23(12-13-25(24)40(31)20-34(4,5)44)39(6)30(42)21-10-8-7-9-11-21/h7-19,44H,20H2,1-6H3,(H,35,37,43)(H,36,38,41). The molecular weight excluding hydrogens is 604 g/mol. The molecular formula is C34H36N6O5S. The van der Waals surface area contributed by atoms with Gasteiger partial charge in [-0.2, -0.15) is 0 Å². The molecule has 0 radical (unpaired) electrons. The number of carbonyl (C=O) groups is 3. The highest BCUT2D eigenvalue weighted by Crippen LogP contribution is 2.31. The van der Waals surface area contributed by atoms with Crippen molar-refractivity contribution in [2.45, 2.75) is 52.4 Å². The average Bonchev–Trinajstić information content (AvgIpc) is 3.60. The number of ether oxygens (including phenoxy) is 1. The van der Waals surface area contributed by atoms with Gasteiger partial charge >= 0.3 is 6.09 Å². The van der Waals surface area contributed by atoms with E-state index >= 15 is 0 Å². The summed E-state index contributed by atoms with van der Waals surface area (Å²) in [4.78, 5) is 50.4. The molecule has 3 N–H and O–H groups in total. The first kappa shape index (κ1) is 32.3. The molecule has 0 aliphatic rings. The molecule has 0 spiro atoms. The first-order chi connectivity index (χ1) is 21.7. The summed E-state index contributed by atoms with van der Waals surface area (Å²) < 4.78 is 7.06. The second-order valence-electron chi connectivity index (χ2n) is 12.4. The lowest BCUT2D eigenvalue weighted by atomic mass is 10.1. The van der Waals surface area contributed by atoms with Gasteiger partial charge in [0.15, 0.2) is 0 Å². The highest BCUT2D eigenvalue weighted by Gasteiger charge is 2.23. The number of pyridine rings is 1. The molecule has 0 atom stereocenters. The number of nitrogens with one attached hydrogen (secondary N) is 2. The average molecular weight is 641 g/mol. The van der Waals surface area contributed by atoms with E-state index in [1.54, 1.807) is 93.7 Å². The molecule has 0 bridgehead atoms. The molecule has 11 nitrogen and oxygen atoms in total. The third-order valence-electron chi connectivity index (χ3n) is 6.72. The molecule has 0 unspecified atom stereocenters. The summed E-state index contributed by atoms with van der Waals surface area (Å²) in [7, 11) is 1.70. The van der Waals surface area contributed by atoms with Crippen LogP contribution in [0.1, 0.15) is 54.6 Å². The Labute approximate surface area is 270 Å². The minimum Gasteiger partial charge on any atom is -0.444 e. The van der Waals surface area contributed by atoms with Crippen molar-refractivity contribution in [1.82, 2.24) is 14.5 Å². The fourth-order valence-electron chi connectivity index (χ4n) is 4.70. The van der Waals surface area contributed by atoms with Crippen LogP contribution in [0.5, 0.6) is 0 Å². The summed E-state index contributed by atoms with van der Waals surface area (Å²) in [5.74, 6) is 0.0436. The van der Waals surface area contributed by atoms with Gasteiger partial charge in [0, 0.05) is 29.4 Å². The number of amides is 3. The van der Waals surface area contributed by atoms with Gasteiger partial charge in [-0.05, 0) is 94.8 Å². The molecule has 0 aliphatic carbocycles. The van der Waals surface area contributed by atoms with E-state index in [2.05, 4.69) is 15.6 Å². The second kappa shape index (κ2) is 12.7. The van der Waals surface area contributed by atoms with Gasteiger partial charge < -0.3 is 19.3 Å². The molecule has 5 aromatic rings. The number of nitrogens with zero attached hydrogens (tertiary/aromatic N) is 4. The Morgan fingerprint density at radius 3 is 2.39 bits per heavy atom. The van der Waals surface area contributed by atoms with Gasteiger partial charge in [-0.1, -0.05) is 18.2 Å². The molecule has 3 amide bonds. The summed E-state index contributed by atoms with van der Waals surface area (Å²) in [6.45, 7) is 8.85. The summed E-state index contributed by atoms with van der Waals surface area (Å²) in [6.07, 6.45) is 0.957. The zero-order valence-electron chi connectivity index (χ0n) is 26.5. The normalized spacial score (nSPS) is 11.7. The largest absolute Gasteiger partial charge is 0.444 e. The van der Waals surface area contributed by atoms with Gasteiger partial charge in [-0.3, -0.25) is 20.2 Å². The lowest BCUT2D eigenvalue weighted by molar-refractivity contribution is 0.0625. The van der Waals surface area contributed by atoms with E-state index in [0.29, 0.717) is 33.0 Å². The smallest absolute Gasteiger partial charge is 0.413 e. The van der Waals surface area contributed by atoms with Gasteiger partial charge in [0.1, 0.15) is 11.4 Å². The van der Waals surface area contributed by atoms with E-state index in [1.165, 1.54) is 11.3 Å². The molecule has 46 heavy (non-hydrogen) atoms. The molecule has 238 valence electrons. The predicted octanol–water partition coefficient (Wildman–Crippen LogP) is 6.81. The number of anilines is 3. The number of hydrogen-bond acceptors (Lipinski definition) is 8. The van der Waals surface area contributed by atoms with Crippen LogP contribution in [0.3, 0.4) is 0 Å². The minimum atomic E-state index is -1.10. The van der Waals surface area contributed by atoms with Crippen molar-refractivity contribution in [3.8, 4) is 10.4 Å². The zero-order chi connectivity index (χ0) is 33.2. The molecule has 0 saturated carbocycles. The third kappa shape index (κ3) is 7.76. The Morgan fingerprint density at radius 2 is 1.70 bits per heavy atom. The van der Waals surface area contributed by atoms with Crippen LogP contribution in [0, 0.1) is 0 Å². The maximum absolute atomic E-state index is 13.5. The summed E-state index contributed by atoms with van der Waals surface area (Å²) in [5, 5.41) is 16.2. The number of benzene rings is 2. The van der Waals surface area contributed by atoms with E-state index in [4.69, 9.17) is 9.72 Å². The van der Waals surface area contributed by atoms with Crippen molar-refractivity contribution in [1.29, 1.82) is 0 Å². The molecule has 0 saturated heterocycles. The van der Waals surface area contributed by atoms with Crippen molar-refractivity contribution in [2.75, 3.05) is 22.6 Å². The van der Waals surface area contributed by atoms with Crippen molar-refractivity contribution in [3.63, 3.8) is 0 Å². The molecule has 2 aromatic carbocycles. The lowest BCUT2D eigenvalue weighted by Crippen LogP contribution is -2.27. The van der Waals surface area contributed by atoms with Crippen molar-refractivity contribution in [2.24, 2.45) is 0 Å². The molecule has 3 heterocycles. The summed E-state index contributed by atoms with van der Waals surface area (Å²) >= 11 is 1.27. The van der Waals surface area contributed by atoms with Crippen LogP contribution in [-0.4, -0.2) is 55.8 Å². The Morgan fingerprint density at radius 1 is 0.957 bits per heavy atom. The van der Waals surface area contributed by atoms with Crippen LogP contribution >= 0.6 is 11.3 Å². The van der Waals surface area contributed by atoms with E-state index in [-0.39, 0.29) is 24.3 Å². The minimum absolute atomic E-state index is 0.164. The number of thiophene rings is 1. The van der Waals surface area contributed by atoms with Gasteiger partial charge in [-0.15, -0.1) is 11.3 Å². The number of aromatic nitrogens is 3. The van der Waals surface area contributed by atoms with Crippen LogP contribution in [0.2, 0.25) is 0 Å². The number of aliphatic hydroxyl groups is 1. The number of rotatable bonds is 8. The quantitative estimate of drug-likeness (QED) is 0.169. The van der Waals surface area contributed by atoms with Crippen molar-refractivity contribution >= 4 is 57.7 Å². The highest BCUT2D eigenvalue weighted by molar-refractivity contribution is 7.17. The first-order valence-electron chi connectivity index (χ1n) is 14.6. The van der Waals surface area contributed by atoms with Gasteiger partial charge in [-0.25, -0.2) is 14.8 Å². The predicted molar refractivity (Wildman–Crippen MR) is 181 cm³/mol. The zero-order valence-corrected chi connectivity index (χ0v) is 27.3. The maximum Gasteiger partial charge on any atom is 0.413 e. The SMILES string of the molecule is CN(C(=O)c1ccccc1)c1ccc2c(c1)nc(NC(=O)c1ccc(-c3ccnc(NC(=O)OC(C)(C)C)c3)s1)n2CC(C)(C)O. The summed E-state index contributed by atoms with van der Waals surface area (Å²) in [5.41, 5.74) is 1.45. The topological polar surface area (TPSA) is 139 Å². The Balaban J connectivity index is 1.38. The second-order valence-corrected chi connectivity index (χ2v) is 13.5. The first-order valence-corrected chi connectivity index (χ1v) is 15.4. The molecule has 0 fully saturated rings. The fraction of sp³-hybridized carbons (Fsp3) is 0.265. The van der Waals surface area contributed by atoms with E-state index < -0.39 is 17.3 Å². The van der Waals surface area contributed by atoms with Crippen LogP contribution in [0.4, 0.5) is 22.2 Å². The molecule has 5 rings (SSSR count). The monoisotopic (exact) mass is 640 g/mol. The van der Waals surface area contributed by atoms with Gasteiger partial charge in [0.25, 0.3) is 11.8 Å². The lowest BCUT2D eigenvalue weighted by Gasteiger charge is -2.20. The highest BCUT2D eigenvalue weighted by atomic mass is 32.1. The van der Waals surface area contributed by atoms with Crippen LogP contribution in [0.15, 0.2) is 79.0 Å². The Hall–Kier alpha value is -5.07. The van der Waals surface area contributed by atoms with E-state index in [9.17, 15) is 19.5 Å². The van der Waals surface area contributed by atoms with Gasteiger partial charge in [0.2, 0.25) is 5.95 Å². The molecule has 3 aromatic heterocycles. The van der Waals surface area contributed by atoms with Crippen molar-refractivity contribution in [3.05, 3.63) is 89.4 Å². The summed E-state index contributed by atoms with van der Waals surface area (Å²) in [6, 6.07) is 21.4. The van der Waals surface area contributed by atoms with Crippen LogP contribution < -0.4 is 15.5 Å². The third-order valence-corrected chi connectivity index (χ3v) is 7.85. The van der Waals surface area contributed by atoms with E-state index in [1.807, 2.05) is 36.4 Å². The van der Waals surface area contributed by atoms with Crippen molar-refractivity contribution < 1.29 is 24.2 Å². The number of carbonyl (C=O) groups excluding carboxylic acids is 3. The number of hydrogen-bond donors (Lipinski definition) is 3. The number of imidazole rings is 1.